The Labute approximate surface area is 101 Å². The van der Waals surface area contributed by atoms with Crippen molar-refractivity contribution in [1.82, 2.24) is 9.78 Å². The predicted molar refractivity (Wildman–Crippen MR) is 60.1 cm³/mol. The van der Waals surface area contributed by atoms with Crippen LogP contribution in [-0.2, 0) is 0 Å². The molecular weight excluding hydrogens is 278 g/mol. The minimum Gasteiger partial charge on any atom is -0.391 e. The number of aliphatic hydroxyl groups excluding tert-OH is 1. The molecule has 1 N–H and O–H groups in total. The molecule has 1 aromatic rings. The molecule has 1 aliphatic rings. The van der Waals surface area contributed by atoms with Crippen molar-refractivity contribution in [2.24, 2.45) is 0 Å². The molecule has 7 heteroatoms. The molecule has 88 valence electrons. The average molecular weight is 290 g/mol. The Hall–Kier alpha value is -0.950. The van der Waals surface area contributed by atoms with Crippen molar-refractivity contribution in [2.45, 2.75) is 37.8 Å². The van der Waals surface area contributed by atoms with Crippen molar-refractivity contribution in [3.8, 4) is 0 Å². The van der Waals surface area contributed by atoms with Crippen molar-refractivity contribution in [3.63, 3.8) is 0 Å². The maximum atomic E-state index is 10.6. The van der Waals surface area contributed by atoms with Crippen LogP contribution in [0.1, 0.15) is 31.7 Å². The monoisotopic (exact) mass is 289 g/mol. The number of halogens is 1. The zero-order valence-corrected chi connectivity index (χ0v) is 10.1. The zero-order chi connectivity index (χ0) is 11.7. The summed E-state index contributed by atoms with van der Waals surface area (Å²) in [5.41, 5.74) is 0. The molecule has 0 aliphatic heterocycles. The number of aliphatic hydroxyl groups is 1. The SMILES string of the molecule is O=[N+]([O-])c1nn([C@H]2CCCC[C@@H]2O)cc1Br. The maximum Gasteiger partial charge on any atom is 0.404 e. The second kappa shape index (κ2) is 4.50. The molecule has 1 aliphatic carbocycles. The zero-order valence-electron chi connectivity index (χ0n) is 8.54. The summed E-state index contributed by atoms with van der Waals surface area (Å²) in [6.45, 7) is 0. The van der Waals surface area contributed by atoms with Gasteiger partial charge in [0, 0.05) is 0 Å². The summed E-state index contributed by atoms with van der Waals surface area (Å²) in [6.07, 6.45) is 4.68. The van der Waals surface area contributed by atoms with Gasteiger partial charge in [-0.25, -0.2) is 0 Å². The Balaban J connectivity index is 2.26. The summed E-state index contributed by atoms with van der Waals surface area (Å²) in [5, 5.41) is 24.3. The fourth-order valence-electron chi connectivity index (χ4n) is 2.05. The largest absolute Gasteiger partial charge is 0.404 e. The van der Waals surface area contributed by atoms with Crippen molar-refractivity contribution in [1.29, 1.82) is 0 Å². The molecule has 0 bridgehead atoms. The first-order valence-electron chi connectivity index (χ1n) is 5.16. The Morgan fingerprint density at radius 3 is 2.81 bits per heavy atom. The summed E-state index contributed by atoms with van der Waals surface area (Å²) >= 11 is 3.10. The first-order chi connectivity index (χ1) is 7.59. The number of nitro groups is 1. The van der Waals surface area contributed by atoms with Gasteiger partial charge in [-0.2, -0.15) is 4.68 Å². The van der Waals surface area contributed by atoms with Crippen molar-refractivity contribution < 1.29 is 10.0 Å². The molecule has 0 amide bonds. The smallest absolute Gasteiger partial charge is 0.391 e. The summed E-state index contributed by atoms with van der Waals surface area (Å²) < 4.78 is 1.86. The van der Waals surface area contributed by atoms with E-state index >= 15 is 0 Å². The van der Waals surface area contributed by atoms with Crippen molar-refractivity contribution >= 4 is 21.7 Å². The molecule has 0 radical (unpaired) electrons. The number of aromatic nitrogens is 2. The Morgan fingerprint density at radius 1 is 1.56 bits per heavy atom. The molecule has 2 atom stereocenters. The molecule has 0 spiro atoms. The van der Waals surface area contributed by atoms with E-state index in [-0.39, 0.29) is 11.9 Å². The van der Waals surface area contributed by atoms with Gasteiger partial charge in [0.15, 0.2) is 0 Å². The summed E-state index contributed by atoms with van der Waals surface area (Å²) in [6, 6.07) is -0.140. The van der Waals surface area contributed by atoms with E-state index in [0.717, 1.165) is 25.7 Å². The van der Waals surface area contributed by atoms with Crippen LogP contribution >= 0.6 is 15.9 Å². The van der Waals surface area contributed by atoms with Crippen molar-refractivity contribution in [2.75, 3.05) is 0 Å². The third-order valence-corrected chi connectivity index (χ3v) is 3.44. The van der Waals surface area contributed by atoms with Gasteiger partial charge in [-0.1, -0.05) is 12.8 Å². The molecule has 0 saturated heterocycles. The molecular formula is C9H12BrN3O3. The molecule has 0 unspecified atom stereocenters. The van der Waals surface area contributed by atoms with Gasteiger partial charge in [0.25, 0.3) is 0 Å². The van der Waals surface area contributed by atoms with Crippen LogP contribution in [0.2, 0.25) is 0 Å². The molecule has 1 aromatic heterocycles. The van der Waals surface area contributed by atoms with Crippen LogP contribution in [0.3, 0.4) is 0 Å². The van der Waals surface area contributed by atoms with Gasteiger partial charge in [-0.3, -0.25) is 0 Å². The van der Waals surface area contributed by atoms with Gasteiger partial charge in [0.1, 0.15) is 4.47 Å². The summed E-state index contributed by atoms with van der Waals surface area (Å²) in [5.74, 6) is -0.197. The highest BCUT2D eigenvalue weighted by molar-refractivity contribution is 9.10. The van der Waals surface area contributed by atoms with Crippen LogP contribution in [0, 0.1) is 10.1 Å². The number of rotatable bonds is 2. The first kappa shape index (κ1) is 11.5. The topological polar surface area (TPSA) is 81.2 Å². The van der Waals surface area contributed by atoms with E-state index in [2.05, 4.69) is 21.0 Å². The van der Waals surface area contributed by atoms with Crippen LogP contribution in [0.15, 0.2) is 10.7 Å². The van der Waals surface area contributed by atoms with Gasteiger partial charge in [-0.15, -0.1) is 0 Å². The number of hydrogen-bond acceptors (Lipinski definition) is 4. The molecule has 1 fully saturated rings. The van der Waals surface area contributed by atoms with Gasteiger partial charge < -0.3 is 15.2 Å². The Kier molecular flexibility index (Phi) is 3.25. The second-order valence-electron chi connectivity index (χ2n) is 3.96. The van der Waals surface area contributed by atoms with E-state index in [0.29, 0.717) is 4.47 Å². The third-order valence-electron chi connectivity index (χ3n) is 2.88. The van der Waals surface area contributed by atoms with Crippen molar-refractivity contribution in [3.05, 3.63) is 20.8 Å². The lowest BCUT2D eigenvalue weighted by Gasteiger charge is -2.25. The van der Waals surface area contributed by atoms with Crippen LogP contribution < -0.4 is 0 Å². The van der Waals surface area contributed by atoms with E-state index in [1.54, 1.807) is 6.20 Å². The lowest BCUT2D eigenvalue weighted by molar-refractivity contribution is -0.390. The minimum absolute atomic E-state index is 0.140. The fraction of sp³-hybridized carbons (Fsp3) is 0.667. The lowest BCUT2D eigenvalue weighted by atomic mass is 9.93. The predicted octanol–water partition coefficient (Wildman–Crippen LogP) is 2.03. The van der Waals surface area contributed by atoms with E-state index in [4.69, 9.17) is 0 Å². The molecule has 16 heavy (non-hydrogen) atoms. The number of nitrogens with zero attached hydrogens (tertiary/aromatic N) is 3. The van der Waals surface area contributed by atoms with Crippen LogP contribution in [-0.4, -0.2) is 25.9 Å². The molecule has 0 aromatic carbocycles. The molecule has 1 heterocycles. The highest BCUT2D eigenvalue weighted by Crippen LogP contribution is 2.31. The summed E-state index contributed by atoms with van der Waals surface area (Å²) in [7, 11) is 0. The Morgan fingerprint density at radius 2 is 2.25 bits per heavy atom. The van der Waals surface area contributed by atoms with Gasteiger partial charge in [-0.05, 0) is 33.7 Å². The van der Waals surface area contributed by atoms with Crippen LogP contribution in [0.4, 0.5) is 5.82 Å². The normalized spacial score (nSPS) is 25.6. The minimum atomic E-state index is -0.532. The highest BCUT2D eigenvalue weighted by Gasteiger charge is 2.30. The number of hydrogen-bond donors (Lipinski definition) is 1. The van der Waals surface area contributed by atoms with Gasteiger partial charge >= 0.3 is 5.82 Å². The van der Waals surface area contributed by atoms with Crippen LogP contribution in [0.5, 0.6) is 0 Å². The van der Waals surface area contributed by atoms with E-state index < -0.39 is 11.0 Å². The fourth-order valence-corrected chi connectivity index (χ4v) is 2.49. The standard InChI is InChI=1S/C9H12BrN3O3/c10-6-5-12(11-9(6)13(15)16)7-3-1-2-4-8(7)14/h5,7-8,14H,1-4H2/t7-,8-/m0/s1. The van der Waals surface area contributed by atoms with Gasteiger partial charge in [0.05, 0.1) is 23.4 Å². The Bertz CT molecular complexity index is 407. The maximum absolute atomic E-state index is 10.6. The second-order valence-corrected chi connectivity index (χ2v) is 4.81. The quantitative estimate of drug-likeness (QED) is 0.667. The summed E-state index contributed by atoms with van der Waals surface area (Å²) in [4.78, 5) is 10.1. The van der Waals surface area contributed by atoms with E-state index in [1.807, 2.05) is 0 Å². The van der Waals surface area contributed by atoms with Crippen LogP contribution in [0.25, 0.3) is 0 Å². The highest BCUT2D eigenvalue weighted by atomic mass is 79.9. The van der Waals surface area contributed by atoms with Gasteiger partial charge in [0.2, 0.25) is 0 Å². The third kappa shape index (κ3) is 2.10. The van der Waals surface area contributed by atoms with E-state index in [9.17, 15) is 15.2 Å². The average Bonchev–Trinajstić information content (AvgIpc) is 2.61. The molecule has 6 nitrogen and oxygen atoms in total. The lowest BCUT2D eigenvalue weighted by Crippen LogP contribution is -2.27. The van der Waals surface area contributed by atoms with E-state index in [1.165, 1.54) is 4.68 Å². The molecule has 2 rings (SSSR count). The molecule has 1 saturated carbocycles. The first-order valence-corrected chi connectivity index (χ1v) is 5.96.